The lowest BCUT2D eigenvalue weighted by Gasteiger charge is -2.08. The van der Waals surface area contributed by atoms with E-state index in [2.05, 4.69) is 27.5 Å². The summed E-state index contributed by atoms with van der Waals surface area (Å²) in [6.45, 7) is 0.578. The predicted octanol–water partition coefficient (Wildman–Crippen LogP) is 4.35. The van der Waals surface area contributed by atoms with Gasteiger partial charge in [-0.1, -0.05) is 54.1 Å². The Hall–Kier alpha value is -3.12. The molecule has 2 aromatic heterocycles. The van der Waals surface area contributed by atoms with E-state index in [0.717, 1.165) is 35.0 Å². The van der Waals surface area contributed by atoms with E-state index in [4.69, 9.17) is 22.3 Å². The Morgan fingerprint density at radius 3 is 2.50 bits per heavy atom. The Balaban J connectivity index is 1.65. The molecule has 0 bridgehead atoms. The highest BCUT2D eigenvalue weighted by Crippen LogP contribution is 2.33. The van der Waals surface area contributed by atoms with Crippen molar-refractivity contribution in [2.75, 3.05) is 11.1 Å². The van der Waals surface area contributed by atoms with Crippen LogP contribution in [0, 0.1) is 0 Å². The molecule has 1 aliphatic carbocycles. The first-order valence-corrected chi connectivity index (χ1v) is 9.65. The molecule has 140 valence electrons. The average molecular weight is 391 g/mol. The number of nitrogen functional groups attached to an aromatic ring is 1. The third kappa shape index (κ3) is 3.27. The Morgan fingerprint density at radius 1 is 1.04 bits per heavy atom. The van der Waals surface area contributed by atoms with Crippen molar-refractivity contribution in [3.8, 4) is 11.3 Å². The number of hydrogen-bond donors (Lipinski definition) is 2. The van der Waals surface area contributed by atoms with Crippen molar-refractivity contribution in [2.45, 2.75) is 25.4 Å². The Labute approximate surface area is 167 Å². The lowest BCUT2D eigenvalue weighted by Crippen LogP contribution is -2.06. The van der Waals surface area contributed by atoms with Crippen LogP contribution in [0.25, 0.3) is 22.3 Å². The van der Waals surface area contributed by atoms with E-state index in [1.54, 1.807) is 4.68 Å². The molecular weight excluding hydrogens is 372 g/mol. The zero-order valence-corrected chi connectivity index (χ0v) is 15.9. The molecule has 28 heavy (non-hydrogen) atoms. The molecule has 6 nitrogen and oxygen atoms in total. The lowest BCUT2D eigenvalue weighted by molar-refractivity contribution is 0.703. The molecule has 0 aliphatic heterocycles. The Kier molecular flexibility index (Phi) is 4.13. The maximum Gasteiger partial charge on any atom is 0.225 e. The normalized spacial score (nSPS) is 13.8. The summed E-state index contributed by atoms with van der Waals surface area (Å²) in [5, 5.41) is 9.49. The summed E-state index contributed by atoms with van der Waals surface area (Å²) in [7, 11) is 0. The minimum absolute atomic E-state index is 0.444. The van der Waals surface area contributed by atoms with Crippen molar-refractivity contribution in [2.24, 2.45) is 0 Å². The summed E-state index contributed by atoms with van der Waals surface area (Å²) < 4.78 is 1.79. The van der Waals surface area contributed by atoms with Gasteiger partial charge in [-0.25, -0.2) is 9.67 Å². The predicted molar refractivity (Wildman–Crippen MR) is 112 cm³/mol. The highest BCUT2D eigenvalue weighted by Gasteiger charge is 2.24. The minimum atomic E-state index is 0.444. The highest BCUT2D eigenvalue weighted by molar-refractivity contribution is 6.30. The van der Waals surface area contributed by atoms with E-state index < -0.39 is 0 Å². The van der Waals surface area contributed by atoms with Crippen LogP contribution in [0.4, 0.5) is 11.8 Å². The van der Waals surface area contributed by atoms with Crippen LogP contribution in [-0.2, 0) is 6.54 Å². The Morgan fingerprint density at radius 2 is 1.79 bits per heavy atom. The molecule has 0 atom stereocenters. The van der Waals surface area contributed by atoms with Crippen molar-refractivity contribution >= 4 is 34.4 Å². The molecule has 0 radical (unpaired) electrons. The zero-order valence-electron chi connectivity index (χ0n) is 15.1. The molecule has 0 spiro atoms. The molecule has 7 heteroatoms. The van der Waals surface area contributed by atoms with Gasteiger partial charge in [-0.2, -0.15) is 4.98 Å². The first-order chi connectivity index (χ1) is 13.7. The van der Waals surface area contributed by atoms with E-state index in [9.17, 15) is 0 Å². The van der Waals surface area contributed by atoms with Gasteiger partial charge in [-0.05, 0) is 30.5 Å². The van der Waals surface area contributed by atoms with Crippen LogP contribution >= 0.6 is 11.6 Å². The smallest absolute Gasteiger partial charge is 0.225 e. The van der Waals surface area contributed by atoms with Gasteiger partial charge in [0, 0.05) is 16.6 Å². The van der Waals surface area contributed by atoms with Gasteiger partial charge in [-0.3, -0.25) is 0 Å². The SMILES string of the molecule is Nc1c2c(-c3ccc(Cl)cc3)nc(NC3CC3)nc2nn1Cc1ccccc1. The fourth-order valence-corrected chi connectivity index (χ4v) is 3.35. The molecule has 4 aromatic rings. The number of hydrogen-bond acceptors (Lipinski definition) is 5. The number of nitrogens with one attached hydrogen (secondary N) is 1. The first kappa shape index (κ1) is 17.0. The third-order valence-corrected chi connectivity index (χ3v) is 5.09. The number of rotatable bonds is 5. The van der Waals surface area contributed by atoms with Crippen LogP contribution in [0.2, 0.25) is 5.02 Å². The van der Waals surface area contributed by atoms with Gasteiger partial charge in [0.25, 0.3) is 0 Å². The second-order valence-corrected chi connectivity index (χ2v) is 7.48. The van der Waals surface area contributed by atoms with Crippen LogP contribution in [-0.4, -0.2) is 25.8 Å². The maximum atomic E-state index is 6.49. The number of benzene rings is 2. The summed E-state index contributed by atoms with van der Waals surface area (Å²) in [6, 6.07) is 18.1. The van der Waals surface area contributed by atoms with Gasteiger partial charge >= 0.3 is 0 Å². The molecule has 1 fully saturated rings. The number of fused-ring (bicyclic) bond motifs is 1. The molecule has 5 rings (SSSR count). The van der Waals surface area contributed by atoms with E-state index in [1.165, 1.54) is 0 Å². The second-order valence-electron chi connectivity index (χ2n) is 7.05. The number of aromatic nitrogens is 4. The fraction of sp³-hybridized carbons (Fsp3) is 0.190. The van der Waals surface area contributed by atoms with Crippen LogP contribution in [0.15, 0.2) is 54.6 Å². The van der Waals surface area contributed by atoms with Gasteiger partial charge in [0.2, 0.25) is 5.95 Å². The maximum absolute atomic E-state index is 6.49. The van der Waals surface area contributed by atoms with Gasteiger partial charge in [0.1, 0.15) is 5.82 Å². The van der Waals surface area contributed by atoms with Crippen LogP contribution in [0.5, 0.6) is 0 Å². The van der Waals surface area contributed by atoms with Gasteiger partial charge in [0.05, 0.1) is 17.6 Å². The van der Waals surface area contributed by atoms with Crippen molar-refractivity contribution in [1.29, 1.82) is 0 Å². The molecule has 0 unspecified atom stereocenters. The Bertz CT molecular complexity index is 1130. The second kappa shape index (κ2) is 6.80. The largest absolute Gasteiger partial charge is 0.383 e. The van der Waals surface area contributed by atoms with E-state index in [0.29, 0.717) is 35.0 Å². The average Bonchev–Trinajstić information content (AvgIpc) is 3.46. The fourth-order valence-electron chi connectivity index (χ4n) is 3.22. The molecule has 0 saturated heterocycles. The summed E-state index contributed by atoms with van der Waals surface area (Å²) >= 11 is 6.07. The molecule has 3 N–H and O–H groups in total. The van der Waals surface area contributed by atoms with Crippen molar-refractivity contribution in [3.63, 3.8) is 0 Å². The number of anilines is 2. The summed E-state index contributed by atoms with van der Waals surface area (Å²) in [5.74, 6) is 1.14. The molecule has 0 amide bonds. The van der Waals surface area contributed by atoms with Crippen molar-refractivity contribution < 1.29 is 0 Å². The van der Waals surface area contributed by atoms with E-state index >= 15 is 0 Å². The third-order valence-electron chi connectivity index (χ3n) is 4.84. The molecule has 1 saturated carbocycles. The number of halogens is 1. The number of nitrogens with two attached hydrogens (primary N) is 1. The topological polar surface area (TPSA) is 81.7 Å². The van der Waals surface area contributed by atoms with Gasteiger partial charge in [0.15, 0.2) is 5.65 Å². The molecular formula is C21H19ClN6. The standard InChI is InChI=1S/C21H19ClN6/c22-15-8-6-14(7-9-15)18-17-19(23)28(12-13-4-2-1-3-5-13)27-20(17)26-21(25-18)24-16-10-11-16/h1-9,16H,10-12,23H2,(H,24,26,27). The summed E-state index contributed by atoms with van der Waals surface area (Å²) in [4.78, 5) is 9.39. The quantitative estimate of drug-likeness (QED) is 0.529. The molecule has 2 aromatic carbocycles. The first-order valence-electron chi connectivity index (χ1n) is 9.28. The summed E-state index contributed by atoms with van der Waals surface area (Å²) in [5.41, 5.74) is 9.91. The van der Waals surface area contributed by atoms with Crippen molar-refractivity contribution in [1.82, 2.24) is 19.7 Å². The summed E-state index contributed by atoms with van der Waals surface area (Å²) in [6.07, 6.45) is 2.28. The van der Waals surface area contributed by atoms with E-state index in [1.807, 2.05) is 42.5 Å². The van der Waals surface area contributed by atoms with Gasteiger partial charge < -0.3 is 11.1 Å². The molecule has 1 aliphatic rings. The molecule has 2 heterocycles. The van der Waals surface area contributed by atoms with E-state index in [-0.39, 0.29) is 0 Å². The van der Waals surface area contributed by atoms with Crippen LogP contribution in [0.3, 0.4) is 0 Å². The zero-order chi connectivity index (χ0) is 19.1. The van der Waals surface area contributed by atoms with Crippen LogP contribution < -0.4 is 11.1 Å². The number of nitrogens with zero attached hydrogens (tertiary/aromatic N) is 4. The lowest BCUT2D eigenvalue weighted by atomic mass is 10.1. The monoisotopic (exact) mass is 390 g/mol. The van der Waals surface area contributed by atoms with Crippen molar-refractivity contribution in [3.05, 3.63) is 65.2 Å². The minimum Gasteiger partial charge on any atom is -0.383 e. The van der Waals surface area contributed by atoms with Gasteiger partial charge in [-0.15, -0.1) is 5.10 Å². The van der Waals surface area contributed by atoms with Crippen LogP contribution in [0.1, 0.15) is 18.4 Å². The highest BCUT2D eigenvalue weighted by atomic mass is 35.5.